The van der Waals surface area contributed by atoms with E-state index in [-0.39, 0.29) is 17.1 Å². The summed E-state index contributed by atoms with van der Waals surface area (Å²) in [6.45, 7) is 8.88. The van der Waals surface area contributed by atoms with Crippen LogP contribution in [0.4, 0.5) is 0 Å². The van der Waals surface area contributed by atoms with Crippen LogP contribution < -0.4 is 0 Å². The van der Waals surface area contributed by atoms with E-state index in [0.29, 0.717) is 6.61 Å². The second-order valence-electron chi connectivity index (χ2n) is 3.59. The maximum absolute atomic E-state index is 4.88. The molecule has 1 aromatic heterocycles. The van der Waals surface area contributed by atoms with Crippen molar-refractivity contribution in [2.45, 2.75) is 40.5 Å². The minimum atomic E-state index is 0. The number of hydrogen-bond donors (Lipinski definition) is 0. The van der Waals surface area contributed by atoms with Crippen LogP contribution in [0.5, 0.6) is 0 Å². The van der Waals surface area contributed by atoms with Gasteiger partial charge in [0.05, 0.1) is 18.5 Å². The van der Waals surface area contributed by atoms with Gasteiger partial charge in [-0.3, -0.25) is 9.27 Å². The van der Waals surface area contributed by atoms with Crippen molar-refractivity contribution >= 4 is 11.9 Å². The van der Waals surface area contributed by atoms with Crippen LogP contribution in [0.25, 0.3) is 0 Å². The molecule has 0 bridgehead atoms. The summed E-state index contributed by atoms with van der Waals surface area (Å²) < 4.78 is 4.25. The monoisotopic (exact) mass is 292 g/mol. The molecular formula is C12H20ClCuNO. The molecule has 0 N–H and O–H groups in total. The summed E-state index contributed by atoms with van der Waals surface area (Å²) >= 11 is 4.88. The van der Waals surface area contributed by atoms with Crippen LogP contribution in [0, 0.1) is 20.8 Å². The molecular weight excluding hydrogens is 273 g/mol. The Morgan fingerprint density at radius 1 is 1.19 bits per heavy atom. The molecule has 1 rings (SSSR count). The predicted molar refractivity (Wildman–Crippen MR) is 65.2 cm³/mol. The van der Waals surface area contributed by atoms with Crippen LogP contribution in [0.15, 0.2) is 12.1 Å². The molecule has 0 aliphatic rings. The van der Waals surface area contributed by atoms with Crippen LogP contribution >= 0.6 is 11.9 Å². The van der Waals surface area contributed by atoms with Crippen molar-refractivity contribution in [2.75, 3.05) is 6.61 Å². The molecule has 1 heterocycles. The average Bonchev–Trinajstić information content (AvgIpc) is 2.13. The number of aromatic nitrogens is 1. The number of unbranched alkanes of at least 4 members (excludes halogenated alkanes) is 1. The molecule has 0 fully saturated rings. The third kappa shape index (κ3) is 10.4. The molecule has 0 spiro atoms. The fourth-order valence-corrected chi connectivity index (χ4v) is 1.35. The van der Waals surface area contributed by atoms with E-state index in [2.05, 4.69) is 35.3 Å². The molecule has 0 saturated carbocycles. The number of rotatable bonds is 3. The number of hydrogen-bond acceptors (Lipinski definition) is 2. The Bertz CT molecular complexity index is 227. The zero-order valence-corrected chi connectivity index (χ0v) is 12.0. The van der Waals surface area contributed by atoms with E-state index < -0.39 is 0 Å². The van der Waals surface area contributed by atoms with Crippen LogP contribution in [-0.2, 0) is 21.4 Å². The Hall–Kier alpha value is -0.0805. The first-order chi connectivity index (χ1) is 7.10. The third-order valence-electron chi connectivity index (χ3n) is 1.80. The van der Waals surface area contributed by atoms with Gasteiger partial charge >= 0.3 is 0 Å². The third-order valence-corrected chi connectivity index (χ3v) is 1.96. The van der Waals surface area contributed by atoms with E-state index in [4.69, 9.17) is 11.9 Å². The number of aryl methyl sites for hydroxylation is 3. The summed E-state index contributed by atoms with van der Waals surface area (Å²) in [7, 11) is 0. The number of pyridine rings is 1. The van der Waals surface area contributed by atoms with Gasteiger partial charge in [-0.05, 0) is 44.9 Å². The Morgan fingerprint density at radius 3 is 1.94 bits per heavy atom. The van der Waals surface area contributed by atoms with Crippen molar-refractivity contribution in [1.29, 1.82) is 0 Å². The number of nitrogens with zero attached hydrogens (tertiary/aromatic N) is 1. The van der Waals surface area contributed by atoms with Crippen molar-refractivity contribution in [3.63, 3.8) is 0 Å². The van der Waals surface area contributed by atoms with E-state index in [1.807, 2.05) is 13.8 Å². The SMILES string of the molecule is CCCCOCl.Cc1cc(C)nc(C)c1.[Cu]. The maximum Gasteiger partial charge on any atom is 0.0682 e. The first kappa shape index (κ1) is 18.3. The Balaban J connectivity index is 0. The fourth-order valence-electron chi connectivity index (χ4n) is 1.24. The molecule has 4 heteroatoms. The van der Waals surface area contributed by atoms with Gasteiger partial charge in [-0.25, -0.2) is 0 Å². The summed E-state index contributed by atoms with van der Waals surface area (Å²) in [5, 5.41) is 0. The molecule has 97 valence electrons. The molecule has 0 aromatic carbocycles. The quantitative estimate of drug-likeness (QED) is 0.621. The average molecular weight is 293 g/mol. The topological polar surface area (TPSA) is 22.1 Å². The molecule has 1 aromatic rings. The zero-order valence-electron chi connectivity index (χ0n) is 10.3. The van der Waals surface area contributed by atoms with Gasteiger partial charge in [-0.2, -0.15) is 0 Å². The van der Waals surface area contributed by atoms with Crippen molar-refractivity contribution in [2.24, 2.45) is 0 Å². The predicted octanol–water partition coefficient (Wildman–Crippen LogP) is 3.96. The molecule has 0 amide bonds. The summed E-state index contributed by atoms with van der Waals surface area (Å²) in [6, 6.07) is 4.15. The van der Waals surface area contributed by atoms with Gasteiger partial charge < -0.3 is 0 Å². The fraction of sp³-hybridized carbons (Fsp3) is 0.583. The molecule has 2 nitrogen and oxygen atoms in total. The molecule has 0 aliphatic carbocycles. The van der Waals surface area contributed by atoms with E-state index in [1.165, 1.54) is 5.56 Å². The van der Waals surface area contributed by atoms with E-state index >= 15 is 0 Å². The van der Waals surface area contributed by atoms with Crippen LogP contribution in [-0.4, -0.2) is 11.6 Å². The smallest absolute Gasteiger partial charge is 0.0682 e. The van der Waals surface area contributed by atoms with Crippen molar-refractivity contribution in [1.82, 2.24) is 4.98 Å². The van der Waals surface area contributed by atoms with Gasteiger partial charge in [-0.15, -0.1) is 0 Å². The molecule has 0 unspecified atom stereocenters. The maximum atomic E-state index is 4.88. The van der Waals surface area contributed by atoms with Crippen LogP contribution in [0.3, 0.4) is 0 Å². The van der Waals surface area contributed by atoms with Gasteiger partial charge in [0.25, 0.3) is 0 Å². The Labute approximate surface area is 114 Å². The van der Waals surface area contributed by atoms with E-state index in [9.17, 15) is 0 Å². The molecule has 16 heavy (non-hydrogen) atoms. The summed E-state index contributed by atoms with van der Waals surface area (Å²) in [6.07, 6.45) is 2.20. The van der Waals surface area contributed by atoms with Crippen molar-refractivity contribution in [3.8, 4) is 0 Å². The second kappa shape index (κ2) is 11.4. The molecule has 0 atom stereocenters. The minimum Gasteiger partial charge on any atom is -0.279 e. The summed E-state index contributed by atoms with van der Waals surface area (Å²) in [5.41, 5.74) is 3.50. The van der Waals surface area contributed by atoms with Gasteiger partial charge in [0.2, 0.25) is 0 Å². The van der Waals surface area contributed by atoms with Gasteiger partial charge in [-0.1, -0.05) is 13.3 Å². The summed E-state index contributed by atoms with van der Waals surface area (Å²) in [5.74, 6) is 0. The van der Waals surface area contributed by atoms with E-state index in [0.717, 1.165) is 24.2 Å². The van der Waals surface area contributed by atoms with Crippen LogP contribution in [0.1, 0.15) is 36.7 Å². The minimum absolute atomic E-state index is 0. The van der Waals surface area contributed by atoms with Crippen molar-refractivity contribution in [3.05, 3.63) is 29.1 Å². The largest absolute Gasteiger partial charge is 0.279 e. The second-order valence-corrected chi connectivity index (χ2v) is 3.81. The van der Waals surface area contributed by atoms with Gasteiger partial charge in [0, 0.05) is 28.5 Å². The van der Waals surface area contributed by atoms with Crippen molar-refractivity contribution < 1.29 is 21.4 Å². The Morgan fingerprint density at radius 2 is 1.69 bits per heavy atom. The zero-order chi connectivity index (χ0) is 11.7. The van der Waals surface area contributed by atoms with Gasteiger partial charge in [0.1, 0.15) is 0 Å². The Kier molecular flexibility index (Phi) is 13.0. The molecule has 0 aliphatic heterocycles. The summed E-state index contributed by atoms with van der Waals surface area (Å²) in [4.78, 5) is 4.23. The first-order valence-electron chi connectivity index (χ1n) is 5.25. The standard InChI is InChI=1S/C8H11N.C4H9ClO.Cu/c1-6-4-7(2)9-8(3)5-6;1-2-3-4-6-5;/h4-5H,1-3H3;2-4H2,1H3;. The molecule has 1 radical (unpaired) electrons. The molecule has 0 saturated heterocycles. The number of halogens is 1. The first-order valence-corrected chi connectivity index (χ1v) is 5.56. The van der Waals surface area contributed by atoms with E-state index in [1.54, 1.807) is 0 Å². The normalized spacial score (nSPS) is 8.81. The van der Waals surface area contributed by atoms with Crippen LogP contribution in [0.2, 0.25) is 0 Å². The van der Waals surface area contributed by atoms with Gasteiger partial charge in [0.15, 0.2) is 0 Å².